The summed E-state index contributed by atoms with van der Waals surface area (Å²) in [4.78, 5) is 18.4. The highest BCUT2D eigenvalue weighted by Gasteiger charge is 2.18. The number of carbonyl (C=O) groups excluding carboxylic acids is 1. The predicted molar refractivity (Wildman–Crippen MR) is 150 cm³/mol. The molecule has 9 heteroatoms. The van der Waals surface area contributed by atoms with Crippen LogP contribution in [0.2, 0.25) is 0 Å². The van der Waals surface area contributed by atoms with Crippen LogP contribution < -0.4 is 19.5 Å². The van der Waals surface area contributed by atoms with Gasteiger partial charge < -0.3 is 14.8 Å². The molecule has 6 rings (SSSR count). The van der Waals surface area contributed by atoms with E-state index in [-0.39, 0.29) is 17.6 Å². The Morgan fingerprint density at radius 2 is 1.54 bits per heavy atom. The van der Waals surface area contributed by atoms with Gasteiger partial charge in [-0.25, -0.2) is 13.4 Å². The minimum absolute atomic E-state index is 0.170. The van der Waals surface area contributed by atoms with Crippen LogP contribution >= 0.6 is 0 Å². The normalized spacial score (nSPS) is 12.3. The lowest BCUT2D eigenvalue weighted by atomic mass is 10.0. The molecule has 1 aliphatic heterocycles. The Hall–Kier alpha value is -4.89. The maximum absolute atomic E-state index is 13.4. The summed E-state index contributed by atoms with van der Waals surface area (Å²) in [5.41, 5.74) is 4.43. The second-order valence-corrected chi connectivity index (χ2v) is 10.8. The molecule has 0 unspecified atom stereocenters. The van der Waals surface area contributed by atoms with Crippen molar-refractivity contribution in [2.75, 3.05) is 16.8 Å². The van der Waals surface area contributed by atoms with Gasteiger partial charge in [0, 0.05) is 22.3 Å². The van der Waals surface area contributed by atoms with Crippen LogP contribution in [0, 0.1) is 6.92 Å². The lowest BCUT2D eigenvalue weighted by Crippen LogP contribution is -2.14. The number of ether oxygens (including phenoxy) is 2. The van der Waals surface area contributed by atoms with E-state index < -0.39 is 10.0 Å². The van der Waals surface area contributed by atoms with Crippen LogP contribution in [0.4, 0.5) is 11.4 Å². The van der Waals surface area contributed by atoms with Crippen molar-refractivity contribution in [1.82, 2.24) is 4.98 Å². The average molecular weight is 538 g/mol. The third kappa shape index (κ3) is 4.99. The smallest absolute Gasteiger partial charge is 0.261 e. The number of anilines is 2. The van der Waals surface area contributed by atoms with Gasteiger partial charge in [-0.1, -0.05) is 35.9 Å². The van der Waals surface area contributed by atoms with E-state index in [4.69, 9.17) is 14.5 Å². The van der Waals surface area contributed by atoms with Gasteiger partial charge in [0.1, 0.15) is 0 Å². The second-order valence-electron chi connectivity index (χ2n) is 9.09. The first-order chi connectivity index (χ1) is 18.9. The molecule has 0 saturated carbocycles. The highest BCUT2D eigenvalue weighted by molar-refractivity contribution is 7.92. The van der Waals surface area contributed by atoms with Gasteiger partial charge >= 0.3 is 0 Å². The highest BCUT2D eigenvalue weighted by Crippen LogP contribution is 2.36. The summed E-state index contributed by atoms with van der Waals surface area (Å²) >= 11 is 0. The van der Waals surface area contributed by atoms with Crippen molar-refractivity contribution in [3.63, 3.8) is 0 Å². The molecule has 0 aliphatic carbocycles. The zero-order chi connectivity index (χ0) is 27.0. The molecule has 1 aliphatic rings. The Morgan fingerprint density at radius 1 is 0.821 bits per heavy atom. The molecule has 1 aromatic heterocycles. The molecule has 5 aromatic rings. The number of nitrogens with one attached hydrogen (secondary N) is 2. The zero-order valence-corrected chi connectivity index (χ0v) is 21.7. The Kier molecular flexibility index (Phi) is 6.12. The summed E-state index contributed by atoms with van der Waals surface area (Å²) in [6, 6.07) is 27.8. The Labute approximate surface area is 225 Å². The van der Waals surface area contributed by atoms with E-state index in [1.807, 2.05) is 49.4 Å². The van der Waals surface area contributed by atoms with Crippen LogP contribution in [0.25, 0.3) is 22.2 Å². The predicted octanol–water partition coefficient (Wildman–Crippen LogP) is 5.99. The number of benzene rings is 4. The molecular formula is C30H23N3O5S. The first kappa shape index (κ1) is 24.4. The molecule has 0 saturated heterocycles. The van der Waals surface area contributed by atoms with Gasteiger partial charge in [-0.15, -0.1) is 0 Å². The number of aromatic nitrogens is 1. The summed E-state index contributed by atoms with van der Waals surface area (Å²) in [6.07, 6.45) is 0. The molecule has 0 spiro atoms. The maximum atomic E-state index is 13.4. The van der Waals surface area contributed by atoms with Crippen LogP contribution in [0.1, 0.15) is 15.9 Å². The topological polar surface area (TPSA) is 107 Å². The maximum Gasteiger partial charge on any atom is 0.261 e. The van der Waals surface area contributed by atoms with Crippen molar-refractivity contribution in [3.8, 4) is 22.8 Å². The van der Waals surface area contributed by atoms with Gasteiger partial charge in [0.15, 0.2) is 11.5 Å². The fraction of sp³-hybridized carbons (Fsp3) is 0.0667. The lowest BCUT2D eigenvalue weighted by Gasteiger charge is -2.12. The number of nitrogens with zero attached hydrogens (tertiary/aromatic N) is 1. The number of hydrogen-bond donors (Lipinski definition) is 2. The van der Waals surface area contributed by atoms with E-state index in [1.54, 1.807) is 54.6 Å². The van der Waals surface area contributed by atoms with Gasteiger partial charge in [-0.3, -0.25) is 9.52 Å². The summed E-state index contributed by atoms with van der Waals surface area (Å²) in [5.74, 6) is 0.984. The van der Waals surface area contributed by atoms with E-state index in [2.05, 4.69) is 10.0 Å². The summed E-state index contributed by atoms with van der Waals surface area (Å²) in [5, 5.41) is 3.62. The van der Waals surface area contributed by atoms with Gasteiger partial charge in [0.2, 0.25) is 6.79 Å². The average Bonchev–Trinajstić information content (AvgIpc) is 3.42. The Morgan fingerprint density at radius 3 is 2.33 bits per heavy atom. The lowest BCUT2D eigenvalue weighted by molar-refractivity contribution is 0.102. The van der Waals surface area contributed by atoms with Gasteiger partial charge in [0.05, 0.1) is 21.7 Å². The summed E-state index contributed by atoms with van der Waals surface area (Å²) in [6.45, 7) is 2.06. The number of rotatable bonds is 6. The van der Waals surface area contributed by atoms with Crippen LogP contribution in [-0.4, -0.2) is 26.1 Å². The van der Waals surface area contributed by atoms with Crippen molar-refractivity contribution in [1.29, 1.82) is 0 Å². The molecule has 0 bridgehead atoms. The quantitative estimate of drug-likeness (QED) is 0.276. The number of pyridine rings is 1. The first-order valence-electron chi connectivity index (χ1n) is 12.2. The summed E-state index contributed by atoms with van der Waals surface area (Å²) < 4.78 is 38.9. The van der Waals surface area contributed by atoms with Crippen molar-refractivity contribution in [2.24, 2.45) is 0 Å². The standard InChI is InChI=1S/C30H23N3O5S/c1-19-6-13-23(14-7-19)39(35,36)33-22-11-9-21(10-12-22)31-30(34)25-17-27(32-26-5-3-2-4-24(25)26)20-8-15-28-29(16-20)38-18-37-28/h2-17,33H,18H2,1H3,(H,31,34). The number of sulfonamides is 1. The SMILES string of the molecule is Cc1ccc(S(=O)(=O)Nc2ccc(NC(=O)c3cc(-c4ccc5c(c4)OCO5)nc4ccccc34)cc2)cc1. The number of fused-ring (bicyclic) bond motifs is 2. The number of aryl methyl sites for hydroxylation is 1. The fourth-order valence-corrected chi connectivity index (χ4v) is 5.38. The minimum atomic E-state index is -3.73. The van der Waals surface area contributed by atoms with E-state index in [0.29, 0.717) is 45.0 Å². The fourth-order valence-electron chi connectivity index (χ4n) is 4.32. The van der Waals surface area contributed by atoms with Gasteiger partial charge in [0.25, 0.3) is 15.9 Å². The zero-order valence-electron chi connectivity index (χ0n) is 20.8. The van der Waals surface area contributed by atoms with Crippen LogP contribution in [0.5, 0.6) is 11.5 Å². The number of carbonyl (C=O) groups is 1. The van der Waals surface area contributed by atoms with Crippen LogP contribution in [-0.2, 0) is 10.0 Å². The van der Waals surface area contributed by atoms with Crippen LogP contribution in [0.15, 0.2) is 102 Å². The van der Waals surface area contributed by atoms with E-state index >= 15 is 0 Å². The molecular weight excluding hydrogens is 514 g/mol. The first-order valence-corrected chi connectivity index (χ1v) is 13.6. The molecule has 194 valence electrons. The third-order valence-electron chi connectivity index (χ3n) is 6.36. The third-order valence-corrected chi connectivity index (χ3v) is 7.75. The molecule has 1 amide bonds. The monoisotopic (exact) mass is 537 g/mol. The number of para-hydroxylation sites is 1. The molecule has 2 N–H and O–H groups in total. The van der Waals surface area contributed by atoms with Crippen molar-refractivity contribution in [3.05, 3.63) is 108 Å². The second kappa shape index (κ2) is 9.77. The van der Waals surface area contributed by atoms with Crippen molar-refractivity contribution in [2.45, 2.75) is 11.8 Å². The highest BCUT2D eigenvalue weighted by atomic mass is 32.2. The molecule has 0 atom stereocenters. The van der Waals surface area contributed by atoms with Gasteiger partial charge in [-0.05, 0) is 73.7 Å². The van der Waals surface area contributed by atoms with E-state index in [9.17, 15) is 13.2 Å². The van der Waals surface area contributed by atoms with Crippen molar-refractivity contribution >= 4 is 38.2 Å². The number of hydrogen-bond acceptors (Lipinski definition) is 6. The molecule has 2 heterocycles. The molecule has 0 fully saturated rings. The molecule has 0 radical (unpaired) electrons. The molecule has 4 aromatic carbocycles. The summed E-state index contributed by atoms with van der Waals surface area (Å²) in [7, 11) is -3.73. The Bertz CT molecular complexity index is 1820. The number of amides is 1. The Balaban J connectivity index is 1.25. The molecule has 8 nitrogen and oxygen atoms in total. The minimum Gasteiger partial charge on any atom is -0.454 e. The van der Waals surface area contributed by atoms with E-state index in [0.717, 1.165) is 11.1 Å². The largest absolute Gasteiger partial charge is 0.454 e. The molecule has 39 heavy (non-hydrogen) atoms. The van der Waals surface area contributed by atoms with E-state index in [1.165, 1.54) is 0 Å². The van der Waals surface area contributed by atoms with Gasteiger partial charge in [-0.2, -0.15) is 0 Å². The van der Waals surface area contributed by atoms with Crippen molar-refractivity contribution < 1.29 is 22.7 Å². The van der Waals surface area contributed by atoms with Crippen LogP contribution in [0.3, 0.4) is 0 Å².